The lowest BCUT2D eigenvalue weighted by molar-refractivity contribution is 0.577. The van der Waals surface area contributed by atoms with Crippen LogP contribution in [0.4, 0.5) is 0 Å². The SMILES string of the molecule is O=c1[nH]c2c(Br)cccc2cc1CC1CCNC1. The van der Waals surface area contributed by atoms with Crippen molar-refractivity contribution in [3.05, 3.63) is 44.7 Å². The molecule has 1 fully saturated rings. The zero-order valence-corrected chi connectivity index (χ0v) is 11.6. The van der Waals surface area contributed by atoms with Crippen LogP contribution < -0.4 is 10.9 Å². The van der Waals surface area contributed by atoms with E-state index in [2.05, 4.69) is 26.2 Å². The maximum atomic E-state index is 12.1. The van der Waals surface area contributed by atoms with Gasteiger partial charge >= 0.3 is 0 Å². The van der Waals surface area contributed by atoms with Gasteiger partial charge in [-0.25, -0.2) is 0 Å². The Morgan fingerprint density at radius 1 is 1.39 bits per heavy atom. The molecular weight excluding hydrogens is 292 g/mol. The first-order valence-electron chi connectivity index (χ1n) is 6.25. The van der Waals surface area contributed by atoms with E-state index in [1.807, 2.05) is 24.3 Å². The summed E-state index contributed by atoms with van der Waals surface area (Å²) in [6, 6.07) is 7.99. The van der Waals surface area contributed by atoms with Crippen LogP contribution in [-0.2, 0) is 6.42 Å². The number of nitrogens with one attached hydrogen (secondary N) is 2. The first-order valence-corrected chi connectivity index (χ1v) is 7.04. The van der Waals surface area contributed by atoms with Crippen molar-refractivity contribution in [2.75, 3.05) is 13.1 Å². The molecule has 0 radical (unpaired) electrons. The van der Waals surface area contributed by atoms with Gasteiger partial charge in [-0.05, 0) is 65.3 Å². The second-order valence-electron chi connectivity index (χ2n) is 4.89. The van der Waals surface area contributed by atoms with Crippen LogP contribution in [0.15, 0.2) is 33.5 Å². The molecule has 3 rings (SSSR count). The lowest BCUT2D eigenvalue weighted by Gasteiger charge is -2.09. The largest absolute Gasteiger partial charge is 0.321 e. The lowest BCUT2D eigenvalue weighted by atomic mass is 9.99. The zero-order chi connectivity index (χ0) is 12.5. The molecule has 0 spiro atoms. The minimum atomic E-state index is 0.0429. The third-order valence-corrected chi connectivity index (χ3v) is 4.24. The molecule has 94 valence electrons. The predicted octanol–water partition coefficient (Wildman–Crippen LogP) is 2.44. The van der Waals surface area contributed by atoms with Crippen molar-refractivity contribution >= 4 is 26.8 Å². The highest BCUT2D eigenvalue weighted by Crippen LogP contribution is 2.22. The van der Waals surface area contributed by atoms with E-state index in [1.54, 1.807) is 0 Å². The van der Waals surface area contributed by atoms with E-state index in [4.69, 9.17) is 0 Å². The van der Waals surface area contributed by atoms with Gasteiger partial charge in [-0.15, -0.1) is 0 Å². The smallest absolute Gasteiger partial charge is 0.251 e. The molecule has 2 N–H and O–H groups in total. The average Bonchev–Trinajstić information content (AvgIpc) is 2.84. The van der Waals surface area contributed by atoms with E-state index < -0.39 is 0 Å². The number of benzene rings is 1. The summed E-state index contributed by atoms with van der Waals surface area (Å²) in [7, 11) is 0. The van der Waals surface area contributed by atoms with E-state index in [1.165, 1.54) is 0 Å². The van der Waals surface area contributed by atoms with Crippen LogP contribution in [0.25, 0.3) is 10.9 Å². The van der Waals surface area contributed by atoms with Crippen molar-refractivity contribution in [1.82, 2.24) is 10.3 Å². The number of aromatic nitrogens is 1. The van der Waals surface area contributed by atoms with Gasteiger partial charge in [-0.2, -0.15) is 0 Å². The number of aromatic amines is 1. The van der Waals surface area contributed by atoms with Gasteiger partial charge in [0.2, 0.25) is 0 Å². The summed E-state index contributed by atoms with van der Waals surface area (Å²) >= 11 is 3.46. The number of H-pyrrole nitrogens is 1. The number of fused-ring (bicyclic) bond motifs is 1. The summed E-state index contributed by atoms with van der Waals surface area (Å²) in [6.45, 7) is 2.09. The van der Waals surface area contributed by atoms with Gasteiger partial charge < -0.3 is 10.3 Å². The van der Waals surface area contributed by atoms with Crippen molar-refractivity contribution in [1.29, 1.82) is 0 Å². The number of hydrogen-bond donors (Lipinski definition) is 2. The fraction of sp³-hybridized carbons (Fsp3) is 0.357. The normalized spacial score (nSPS) is 19.5. The summed E-state index contributed by atoms with van der Waals surface area (Å²) in [5.74, 6) is 0.593. The molecule has 2 aromatic rings. The van der Waals surface area contributed by atoms with Gasteiger partial charge in [0.1, 0.15) is 0 Å². The fourth-order valence-electron chi connectivity index (χ4n) is 2.59. The van der Waals surface area contributed by atoms with E-state index in [9.17, 15) is 4.79 Å². The Kier molecular flexibility index (Phi) is 3.22. The molecule has 1 unspecified atom stereocenters. The molecule has 1 atom stereocenters. The van der Waals surface area contributed by atoms with E-state index in [-0.39, 0.29) is 5.56 Å². The topological polar surface area (TPSA) is 44.9 Å². The van der Waals surface area contributed by atoms with Crippen LogP contribution in [0.2, 0.25) is 0 Å². The molecule has 3 nitrogen and oxygen atoms in total. The zero-order valence-electron chi connectivity index (χ0n) is 10.0. The molecule has 1 aliphatic rings. The lowest BCUT2D eigenvalue weighted by Crippen LogP contribution is -2.18. The number of hydrogen-bond acceptors (Lipinski definition) is 2. The van der Waals surface area contributed by atoms with Gasteiger partial charge in [-0.3, -0.25) is 4.79 Å². The predicted molar refractivity (Wildman–Crippen MR) is 76.9 cm³/mol. The minimum absolute atomic E-state index is 0.0429. The Labute approximate surface area is 114 Å². The Bertz CT molecular complexity index is 629. The number of halogens is 1. The van der Waals surface area contributed by atoms with Crippen molar-refractivity contribution in [3.8, 4) is 0 Å². The van der Waals surface area contributed by atoms with Crippen molar-refractivity contribution < 1.29 is 0 Å². The molecule has 4 heteroatoms. The molecule has 1 aliphatic heterocycles. The van der Waals surface area contributed by atoms with Gasteiger partial charge in [0.15, 0.2) is 0 Å². The minimum Gasteiger partial charge on any atom is -0.321 e. The molecule has 2 heterocycles. The summed E-state index contributed by atoms with van der Waals surface area (Å²) in [5, 5.41) is 4.43. The Morgan fingerprint density at radius 3 is 3.06 bits per heavy atom. The van der Waals surface area contributed by atoms with Crippen LogP contribution in [-0.4, -0.2) is 18.1 Å². The molecule has 0 amide bonds. The maximum Gasteiger partial charge on any atom is 0.251 e. The Hall–Kier alpha value is -1.13. The van der Waals surface area contributed by atoms with Crippen molar-refractivity contribution in [2.45, 2.75) is 12.8 Å². The molecule has 1 aromatic carbocycles. The summed E-state index contributed by atoms with van der Waals surface area (Å²) < 4.78 is 0.936. The van der Waals surface area contributed by atoms with Gasteiger partial charge in [0.05, 0.1) is 5.52 Å². The molecule has 1 aromatic heterocycles. The van der Waals surface area contributed by atoms with Gasteiger partial charge in [0.25, 0.3) is 5.56 Å². The second-order valence-corrected chi connectivity index (χ2v) is 5.75. The third-order valence-electron chi connectivity index (χ3n) is 3.58. The highest BCUT2D eigenvalue weighted by atomic mass is 79.9. The maximum absolute atomic E-state index is 12.1. The molecule has 18 heavy (non-hydrogen) atoms. The highest BCUT2D eigenvalue weighted by Gasteiger charge is 2.16. The van der Waals surface area contributed by atoms with Crippen LogP contribution in [0.5, 0.6) is 0 Å². The van der Waals surface area contributed by atoms with Crippen molar-refractivity contribution in [3.63, 3.8) is 0 Å². The van der Waals surface area contributed by atoms with Crippen LogP contribution >= 0.6 is 15.9 Å². The van der Waals surface area contributed by atoms with Gasteiger partial charge in [-0.1, -0.05) is 12.1 Å². The van der Waals surface area contributed by atoms with Crippen molar-refractivity contribution in [2.24, 2.45) is 5.92 Å². The highest BCUT2D eigenvalue weighted by molar-refractivity contribution is 9.10. The van der Waals surface area contributed by atoms with Crippen LogP contribution in [0, 0.1) is 5.92 Å². The number of rotatable bonds is 2. The second kappa shape index (κ2) is 4.86. The van der Waals surface area contributed by atoms with E-state index in [0.717, 1.165) is 46.9 Å². The van der Waals surface area contributed by atoms with E-state index in [0.29, 0.717) is 5.92 Å². The van der Waals surface area contributed by atoms with Crippen LogP contribution in [0.1, 0.15) is 12.0 Å². The average molecular weight is 307 g/mol. The summed E-state index contributed by atoms with van der Waals surface area (Å²) in [4.78, 5) is 15.1. The Balaban J connectivity index is 2.02. The molecule has 0 aliphatic carbocycles. The van der Waals surface area contributed by atoms with E-state index >= 15 is 0 Å². The first-order chi connectivity index (χ1) is 8.74. The quantitative estimate of drug-likeness (QED) is 0.895. The number of pyridine rings is 1. The molecule has 0 saturated carbocycles. The third kappa shape index (κ3) is 2.22. The Morgan fingerprint density at radius 2 is 2.28 bits per heavy atom. The van der Waals surface area contributed by atoms with Gasteiger partial charge in [0, 0.05) is 10.0 Å². The molecule has 1 saturated heterocycles. The standard InChI is InChI=1S/C14H15BrN2O/c15-12-3-1-2-10-7-11(14(18)17-13(10)12)6-9-4-5-16-8-9/h1-3,7,9,16H,4-6,8H2,(H,17,18). The number of para-hydroxylation sites is 1. The van der Waals surface area contributed by atoms with Crippen LogP contribution in [0.3, 0.4) is 0 Å². The fourth-order valence-corrected chi connectivity index (χ4v) is 3.07. The molecular formula is C14H15BrN2O. The summed E-state index contributed by atoms with van der Waals surface area (Å²) in [6.07, 6.45) is 2.03. The first kappa shape index (κ1) is 11.9. The molecule has 0 bridgehead atoms. The summed E-state index contributed by atoms with van der Waals surface area (Å²) in [5.41, 5.74) is 1.83. The monoisotopic (exact) mass is 306 g/mol.